The van der Waals surface area contributed by atoms with E-state index in [2.05, 4.69) is 13.1 Å². The van der Waals surface area contributed by atoms with E-state index in [1.54, 1.807) is 0 Å². The van der Waals surface area contributed by atoms with Crippen LogP contribution >= 0.6 is 0 Å². The Balaban J connectivity index is 2.52. The third kappa shape index (κ3) is 1.67. The lowest BCUT2D eigenvalue weighted by atomic mass is 10.5. The third-order valence-electron chi connectivity index (χ3n) is 1.99. The lowest BCUT2D eigenvalue weighted by Crippen LogP contribution is -2.53. The van der Waals surface area contributed by atoms with Gasteiger partial charge in [-0.1, -0.05) is 19.1 Å². The summed E-state index contributed by atoms with van der Waals surface area (Å²) >= 11 is 0. The quantitative estimate of drug-likeness (QED) is 0.502. The van der Waals surface area contributed by atoms with Gasteiger partial charge in [0, 0.05) is 0 Å². The van der Waals surface area contributed by atoms with Gasteiger partial charge in [0.1, 0.15) is 13.9 Å². The highest BCUT2D eigenvalue weighted by molar-refractivity contribution is 7.27. The lowest BCUT2D eigenvalue weighted by molar-refractivity contribution is -0.0346. The van der Waals surface area contributed by atoms with Crippen molar-refractivity contribution in [2.75, 3.05) is 0 Å². The molecule has 3 nitrogen and oxygen atoms in total. The van der Waals surface area contributed by atoms with Crippen molar-refractivity contribution in [3.05, 3.63) is 0 Å². The average molecular weight is 178 g/mol. The van der Waals surface area contributed by atoms with Gasteiger partial charge in [-0.3, -0.25) is 0 Å². The molecule has 0 aromatic heterocycles. The molecule has 0 amide bonds. The predicted octanol–water partition coefficient (Wildman–Crippen LogP) is -0.275. The SMILES string of the molecule is C[Si]1(C)CCC(O)O[SiH]1O. The van der Waals surface area contributed by atoms with E-state index in [0.29, 0.717) is 6.42 Å². The van der Waals surface area contributed by atoms with Crippen molar-refractivity contribution in [3.63, 3.8) is 0 Å². The molecule has 0 aromatic carbocycles. The van der Waals surface area contributed by atoms with Gasteiger partial charge in [0.25, 0.3) is 8.80 Å². The molecule has 2 N–H and O–H groups in total. The Kier molecular flexibility index (Phi) is 2.31. The van der Waals surface area contributed by atoms with Crippen molar-refractivity contribution in [1.82, 2.24) is 0 Å². The number of rotatable bonds is 0. The molecule has 60 valence electrons. The zero-order chi connectivity index (χ0) is 7.78. The van der Waals surface area contributed by atoms with Crippen molar-refractivity contribution in [2.24, 2.45) is 0 Å². The normalized spacial score (nSPS) is 39.6. The summed E-state index contributed by atoms with van der Waals surface area (Å²) in [5.74, 6) is 0. The Hall–Kier alpha value is 0.314. The van der Waals surface area contributed by atoms with Crippen molar-refractivity contribution < 1.29 is 14.3 Å². The average Bonchev–Trinajstić information content (AvgIpc) is 1.81. The van der Waals surface area contributed by atoms with E-state index in [1.165, 1.54) is 0 Å². The van der Waals surface area contributed by atoms with Gasteiger partial charge in [-0.15, -0.1) is 0 Å². The first-order valence-corrected chi connectivity index (χ1v) is 9.54. The third-order valence-corrected chi connectivity index (χ3v) is 10.8. The smallest absolute Gasteiger partial charge is 0.299 e. The monoisotopic (exact) mass is 178 g/mol. The minimum absolute atomic E-state index is 0.679. The molecule has 1 aliphatic rings. The first-order valence-electron chi connectivity index (χ1n) is 3.54. The van der Waals surface area contributed by atoms with Gasteiger partial charge in [-0.05, 0) is 6.42 Å². The van der Waals surface area contributed by atoms with Crippen LogP contribution in [0.5, 0.6) is 0 Å². The number of hydrogen-bond donors (Lipinski definition) is 2. The van der Waals surface area contributed by atoms with E-state index in [9.17, 15) is 4.80 Å². The molecule has 0 spiro atoms. The van der Waals surface area contributed by atoms with Gasteiger partial charge in [0.2, 0.25) is 0 Å². The van der Waals surface area contributed by atoms with Crippen LogP contribution in [0.25, 0.3) is 0 Å². The van der Waals surface area contributed by atoms with Crippen LogP contribution in [0.2, 0.25) is 19.1 Å². The summed E-state index contributed by atoms with van der Waals surface area (Å²) < 4.78 is 5.01. The highest BCUT2D eigenvalue weighted by Gasteiger charge is 2.39. The van der Waals surface area contributed by atoms with Gasteiger partial charge in [0.15, 0.2) is 0 Å². The molecule has 0 saturated carbocycles. The van der Waals surface area contributed by atoms with Crippen LogP contribution < -0.4 is 0 Å². The topological polar surface area (TPSA) is 49.7 Å². The van der Waals surface area contributed by atoms with Gasteiger partial charge >= 0.3 is 0 Å². The molecule has 2 atom stereocenters. The maximum absolute atomic E-state index is 9.43. The van der Waals surface area contributed by atoms with Crippen LogP contribution in [-0.4, -0.2) is 32.6 Å². The van der Waals surface area contributed by atoms with E-state index in [0.717, 1.165) is 6.04 Å². The van der Waals surface area contributed by atoms with Crippen molar-refractivity contribution in [1.29, 1.82) is 0 Å². The summed E-state index contributed by atoms with van der Waals surface area (Å²) in [4.78, 5) is 9.43. The number of aliphatic hydroxyl groups excluding tert-OH is 1. The second kappa shape index (κ2) is 2.75. The van der Waals surface area contributed by atoms with Crippen LogP contribution in [0.4, 0.5) is 0 Å². The zero-order valence-electron chi connectivity index (χ0n) is 6.37. The fraction of sp³-hybridized carbons (Fsp3) is 1.00. The second-order valence-electron chi connectivity index (χ2n) is 3.47. The van der Waals surface area contributed by atoms with Gasteiger partial charge in [0.05, 0.1) is 0 Å². The molecule has 2 unspecified atom stereocenters. The lowest BCUT2D eigenvalue weighted by Gasteiger charge is -2.33. The first kappa shape index (κ1) is 8.41. The molecular weight excluding hydrogens is 164 g/mol. The highest BCUT2D eigenvalue weighted by atomic mass is 29.2. The van der Waals surface area contributed by atoms with Crippen LogP contribution in [0.3, 0.4) is 0 Å². The molecule has 0 aromatic rings. The van der Waals surface area contributed by atoms with E-state index < -0.39 is 22.7 Å². The summed E-state index contributed by atoms with van der Waals surface area (Å²) in [5.41, 5.74) is 0. The Labute approximate surface area is 63.3 Å². The molecule has 0 bridgehead atoms. The Morgan fingerprint density at radius 3 is 2.60 bits per heavy atom. The predicted molar refractivity (Wildman–Crippen MR) is 43.4 cm³/mol. The van der Waals surface area contributed by atoms with E-state index in [4.69, 9.17) is 9.53 Å². The Morgan fingerprint density at radius 2 is 2.20 bits per heavy atom. The van der Waals surface area contributed by atoms with E-state index in [-0.39, 0.29) is 0 Å². The number of hydrogen-bond acceptors (Lipinski definition) is 3. The van der Waals surface area contributed by atoms with Crippen LogP contribution in [0.15, 0.2) is 0 Å². The molecule has 1 fully saturated rings. The van der Waals surface area contributed by atoms with Gasteiger partial charge in [-0.2, -0.15) is 0 Å². The fourth-order valence-electron chi connectivity index (χ4n) is 1.02. The minimum atomic E-state index is -1.97. The molecule has 1 heterocycles. The molecule has 1 aliphatic heterocycles. The standard InChI is InChI=1S/C5H14O3Si2/c1-10(2)4-3-5(6)8-9(10)7/h5-7,9H,3-4H2,1-2H3. The molecular formula is C5H14O3Si2. The minimum Gasteiger partial charge on any atom is -0.415 e. The number of aliphatic hydroxyl groups is 1. The summed E-state index contributed by atoms with van der Waals surface area (Å²) in [7, 11) is -3.40. The van der Waals surface area contributed by atoms with Crippen LogP contribution in [-0.2, 0) is 4.43 Å². The molecule has 0 aliphatic carbocycles. The summed E-state index contributed by atoms with van der Waals surface area (Å²) in [6.07, 6.45) is 0.0331. The van der Waals surface area contributed by atoms with Crippen molar-refractivity contribution in [2.45, 2.75) is 31.8 Å². The van der Waals surface area contributed by atoms with Crippen LogP contribution in [0, 0.1) is 0 Å². The van der Waals surface area contributed by atoms with Crippen LogP contribution in [0.1, 0.15) is 6.42 Å². The molecule has 1 saturated heterocycles. The maximum Gasteiger partial charge on any atom is 0.299 e. The molecule has 1 rings (SSSR count). The first-order chi connectivity index (χ1) is 4.52. The fourth-order valence-corrected chi connectivity index (χ4v) is 5.88. The maximum atomic E-state index is 9.43. The van der Waals surface area contributed by atoms with Crippen molar-refractivity contribution >= 4 is 16.4 Å². The Morgan fingerprint density at radius 1 is 1.60 bits per heavy atom. The molecule has 0 radical (unpaired) electrons. The zero-order valence-corrected chi connectivity index (χ0v) is 8.53. The largest absolute Gasteiger partial charge is 0.415 e. The van der Waals surface area contributed by atoms with Gasteiger partial charge < -0.3 is 14.3 Å². The van der Waals surface area contributed by atoms with E-state index in [1.807, 2.05) is 0 Å². The molecule has 10 heavy (non-hydrogen) atoms. The summed E-state index contributed by atoms with van der Waals surface area (Å²) in [6.45, 7) is 4.24. The molecule has 5 heteroatoms. The summed E-state index contributed by atoms with van der Waals surface area (Å²) in [5, 5.41) is 8.99. The summed E-state index contributed by atoms with van der Waals surface area (Å²) in [6, 6.07) is 1.00. The van der Waals surface area contributed by atoms with Crippen molar-refractivity contribution in [3.8, 4) is 0 Å². The highest BCUT2D eigenvalue weighted by Crippen LogP contribution is 2.22. The van der Waals surface area contributed by atoms with E-state index >= 15 is 0 Å². The Bertz CT molecular complexity index is 128. The van der Waals surface area contributed by atoms with Gasteiger partial charge in [-0.25, -0.2) is 0 Å². The second-order valence-corrected chi connectivity index (χ2v) is 15.1.